The van der Waals surface area contributed by atoms with Gasteiger partial charge < -0.3 is 19.4 Å². The smallest absolute Gasteiger partial charge is 0.377 e. The number of morpholine rings is 1. The van der Waals surface area contributed by atoms with Crippen molar-refractivity contribution in [2.45, 2.75) is 63.5 Å². The summed E-state index contributed by atoms with van der Waals surface area (Å²) in [5.41, 5.74) is 0.932. The fourth-order valence-corrected chi connectivity index (χ4v) is 7.27. The highest BCUT2D eigenvalue weighted by Crippen LogP contribution is 2.44. The minimum absolute atomic E-state index is 0.00458. The molecule has 0 N–H and O–H groups in total. The number of anilines is 2. The number of carbonyl (C=O) groups is 2. The highest BCUT2D eigenvalue weighted by atomic mass is 19.4. The van der Waals surface area contributed by atoms with Crippen LogP contribution in [-0.4, -0.2) is 90.0 Å². The van der Waals surface area contributed by atoms with Crippen LogP contribution in [0, 0.1) is 11.8 Å². The quantitative estimate of drug-likeness (QED) is 0.537. The van der Waals surface area contributed by atoms with Gasteiger partial charge in [0.15, 0.2) is 0 Å². The first-order chi connectivity index (χ1) is 19.5. The minimum atomic E-state index is -4.43. The van der Waals surface area contributed by atoms with Gasteiger partial charge in [0.25, 0.3) is 0 Å². The number of fused-ring (bicyclic) bond motifs is 3. The number of amides is 2. The molecule has 4 aliphatic rings. The van der Waals surface area contributed by atoms with E-state index in [1.165, 1.54) is 28.8 Å². The summed E-state index contributed by atoms with van der Waals surface area (Å²) < 4.78 is 49.5. The second-order valence-corrected chi connectivity index (χ2v) is 12.1. The molecule has 2 amide bonds. The predicted molar refractivity (Wildman–Crippen MR) is 147 cm³/mol. The highest BCUT2D eigenvalue weighted by molar-refractivity contribution is 5.91. The summed E-state index contributed by atoms with van der Waals surface area (Å²) in [7, 11) is 3.62. The van der Waals surface area contributed by atoms with E-state index in [1.54, 1.807) is 19.3 Å². The molecule has 3 aliphatic heterocycles. The van der Waals surface area contributed by atoms with Crippen molar-refractivity contribution >= 4 is 23.3 Å². The number of aromatic nitrogens is 2. The van der Waals surface area contributed by atoms with Crippen LogP contribution < -0.4 is 9.80 Å². The van der Waals surface area contributed by atoms with Crippen LogP contribution in [0.15, 0.2) is 30.6 Å². The molecule has 2 bridgehead atoms. The summed E-state index contributed by atoms with van der Waals surface area (Å²) >= 11 is 0. The number of ether oxygens (including phenoxy) is 1. The molecule has 41 heavy (non-hydrogen) atoms. The molecule has 4 fully saturated rings. The Balaban J connectivity index is 1.08. The Kier molecular flexibility index (Phi) is 7.25. The van der Waals surface area contributed by atoms with Gasteiger partial charge in [-0.25, -0.2) is 4.79 Å². The monoisotopic (exact) mass is 574 g/mol. The zero-order valence-corrected chi connectivity index (χ0v) is 23.7. The Hall–Kier alpha value is -3.12. The number of nitrogens with zero attached hydrogens (tertiary/aromatic N) is 6. The van der Waals surface area contributed by atoms with E-state index in [1.807, 2.05) is 22.9 Å². The third kappa shape index (κ3) is 5.31. The Labute approximate surface area is 237 Å². The van der Waals surface area contributed by atoms with Crippen molar-refractivity contribution < 1.29 is 27.5 Å². The van der Waals surface area contributed by atoms with Gasteiger partial charge in [0.1, 0.15) is 0 Å². The normalized spacial score (nSPS) is 27.5. The van der Waals surface area contributed by atoms with Crippen molar-refractivity contribution in [2.75, 3.05) is 50.2 Å². The first-order valence-corrected chi connectivity index (χ1v) is 14.3. The van der Waals surface area contributed by atoms with Gasteiger partial charge in [-0.15, -0.1) is 0 Å². The van der Waals surface area contributed by atoms with E-state index >= 15 is 0 Å². The Bertz CT molecular complexity index is 1280. The van der Waals surface area contributed by atoms with Crippen LogP contribution in [0.2, 0.25) is 0 Å². The molecule has 222 valence electrons. The summed E-state index contributed by atoms with van der Waals surface area (Å²) in [5.74, 6) is 0.537. The highest BCUT2D eigenvalue weighted by Gasteiger charge is 2.45. The Morgan fingerprint density at radius 1 is 1.07 bits per heavy atom. The van der Waals surface area contributed by atoms with Crippen molar-refractivity contribution in [2.24, 2.45) is 11.8 Å². The number of carbonyl (C=O) groups excluding carboxylic acids is 2. The third-order valence-corrected chi connectivity index (χ3v) is 9.56. The van der Waals surface area contributed by atoms with E-state index in [-0.39, 0.29) is 35.8 Å². The average molecular weight is 575 g/mol. The molecule has 0 radical (unpaired) electrons. The molecule has 4 atom stereocenters. The van der Waals surface area contributed by atoms with Gasteiger partial charge in [0.2, 0.25) is 5.91 Å². The Morgan fingerprint density at radius 3 is 2.34 bits per heavy atom. The van der Waals surface area contributed by atoms with E-state index in [0.29, 0.717) is 55.9 Å². The molecule has 4 unspecified atom stereocenters. The van der Waals surface area contributed by atoms with Crippen molar-refractivity contribution in [3.8, 4) is 0 Å². The van der Waals surface area contributed by atoms with E-state index < -0.39 is 11.7 Å². The van der Waals surface area contributed by atoms with E-state index in [2.05, 4.69) is 10.00 Å². The second kappa shape index (κ2) is 10.6. The number of rotatable bonds is 5. The summed E-state index contributed by atoms with van der Waals surface area (Å²) in [6, 6.07) is 4.87. The minimum Gasteiger partial charge on any atom is -0.377 e. The maximum Gasteiger partial charge on any atom is 0.418 e. The summed E-state index contributed by atoms with van der Waals surface area (Å²) in [6.45, 7) is 4.09. The van der Waals surface area contributed by atoms with E-state index in [9.17, 15) is 22.8 Å². The summed E-state index contributed by atoms with van der Waals surface area (Å²) in [6.07, 6.45) is 2.15. The van der Waals surface area contributed by atoms with Gasteiger partial charge in [-0.3, -0.25) is 9.69 Å². The number of hydrogen-bond donors (Lipinski definition) is 0. The van der Waals surface area contributed by atoms with E-state index in [4.69, 9.17) is 4.74 Å². The fraction of sp³-hybridized carbons (Fsp3) is 0.621. The first-order valence-electron chi connectivity index (χ1n) is 14.3. The molecular weight excluding hydrogens is 537 g/mol. The number of halogens is 3. The molecule has 1 aromatic heterocycles. The summed E-state index contributed by atoms with van der Waals surface area (Å²) in [5, 5.41) is 4.15. The Morgan fingerprint density at radius 2 is 1.73 bits per heavy atom. The molecule has 3 saturated heterocycles. The number of benzene rings is 1. The lowest BCUT2D eigenvalue weighted by molar-refractivity contribution is -0.137. The summed E-state index contributed by atoms with van der Waals surface area (Å²) in [4.78, 5) is 32.0. The van der Waals surface area contributed by atoms with Crippen molar-refractivity contribution in [3.63, 3.8) is 0 Å². The van der Waals surface area contributed by atoms with Crippen molar-refractivity contribution in [3.05, 3.63) is 41.7 Å². The maximum absolute atomic E-state index is 14.2. The lowest BCUT2D eigenvalue weighted by Crippen LogP contribution is -2.46. The number of likely N-dealkylation sites (tertiary alicyclic amines) is 1. The molecule has 0 spiro atoms. The zero-order valence-electron chi connectivity index (χ0n) is 23.7. The van der Waals surface area contributed by atoms with Gasteiger partial charge in [-0.05, 0) is 62.3 Å². The van der Waals surface area contributed by atoms with Gasteiger partial charge in [-0.1, -0.05) is 6.07 Å². The topological polar surface area (TPSA) is 74.2 Å². The fourth-order valence-electron chi connectivity index (χ4n) is 7.27. The van der Waals surface area contributed by atoms with Crippen LogP contribution in [0.5, 0.6) is 0 Å². The second-order valence-electron chi connectivity index (χ2n) is 12.1. The standard InChI is InChI=1S/C29H37F3N6O3/c1-18(39)35(3)25-11-33-37(15-25)28(40)36-13-20-9-24(10-21(20)14-36)34(2)12-19-4-7-27(26(8-19)29(30,31)32)38-22-5-6-23(38)17-41-16-22/h4,7-8,11,15,20-24H,5-6,9-10,12-14,16-17H2,1-3H3. The predicted octanol–water partition coefficient (Wildman–Crippen LogP) is 4.06. The molecule has 12 heteroatoms. The van der Waals surface area contributed by atoms with Gasteiger partial charge in [0.05, 0.1) is 48.9 Å². The maximum atomic E-state index is 14.2. The van der Waals surface area contributed by atoms with Crippen LogP contribution in [0.1, 0.15) is 43.7 Å². The van der Waals surface area contributed by atoms with Crippen LogP contribution in [0.25, 0.3) is 0 Å². The van der Waals surface area contributed by atoms with Gasteiger partial charge in [0, 0.05) is 45.3 Å². The lowest BCUT2D eigenvalue weighted by atomic mass is 10.0. The SMILES string of the molecule is CC(=O)N(C)c1cnn(C(=O)N2CC3CC(N(C)Cc4ccc(N5C6CCC5COC6)c(C(F)(F)F)c4)CC3C2)c1. The molecule has 6 rings (SSSR count). The molecular formula is C29H37F3N6O3. The van der Waals surface area contributed by atoms with E-state index in [0.717, 1.165) is 25.7 Å². The first kappa shape index (κ1) is 28.0. The molecule has 1 aromatic carbocycles. The lowest BCUT2D eigenvalue weighted by Gasteiger charge is -2.38. The van der Waals surface area contributed by atoms with Gasteiger partial charge in [-0.2, -0.15) is 23.0 Å². The van der Waals surface area contributed by atoms with Crippen LogP contribution >= 0.6 is 0 Å². The van der Waals surface area contributed by atoms with Gasteiger partial charge >= 0.3 is 12.2 Å². The van der Waals surface area contributed by atoms with Crippen molar-refractivity contribution in [1.82, 2.24) is 19.6 Å². The van der Waals surface area contributed by atoms with Crippen LogP contribution in [0.3, 0.4) is 0 Å². The van der Waals surface area contributed by atoms with Crippen LogP contribution in [0.4, 0.5) is 29.3 Å². The number of alkyl halides is 3. The average Bonchev–Trinajstić information content (AvgIpc) is 3.69. The van der Waals surface area contributed by atoms with Crippen molar-refractivity contribution in [1.29, 1.82) is 0 Å². The largest absolute Gasteiger partial charge is 0.418 e. The number of hydrogen-bond acceptors (Lipinski definition) is 6. The molecule has 1 aliphatic carbocycles. The third-order valence-electron chi connectivity index (χ3n) is 9.56. The molecule has 9 nitrogen and oxygen atoms in total. The molecule has 2 aromatic rings. The zero-order chi connectivity index (χ0) is 29.1. The molecule has 4 heterocycles. The van der Waals surface area contributed by atoms with Crippen LogP contribution in [-0.2, 0) is 22.3 Å². The molecule has 1 saturated carbocycles.